The van der Waals surface area contributed by atoms with Crippen molar-refractivity contribution in [1.82, 2.24) is 20.4 Å². The number of nitrogens with zero attached hydrogens (tertiary/aromatic N) is 3. The second kappa shape index (κ2) is 9.85. The number of aromatic nitrogens is 2. The molecule has 0 bridgehead atoms. The molecule has 0 aliphatic rings. The third kappa shape index (κ3) is 6.20. The van der Waals surface area contributed by atoms with Gasteiger partial charge in [0.25, 0.3) is 11.8 Å². The van der Waals surface area contributed by atoms with E-state index in [1.165, 1.54) is 0 Å². The van der Waals surface area contributed by atoms with Gasteiger partial charge in [-0.05, 0) is 36.6 Å². The molecule has 27 heavy (non-hydrogen) atoms. The minimum Gasteiger partial charge on any atom is -0.352 e. The topological polar surface area (TPSA) is 88.3 Å². The second-order valence-corrected chi connectivity index (χ2v) is 6.95. The minimum absolute atomic E-state index is 0.0842. The van der Waals surface area contributed by atoms with Gasteiger partial charge in [0.1, 0.15) is 0 Å². The summed E-state index contributed by atoms with van der Waals surface area (Å²) in [6.45, 7) is 7.29. The molecule has 0 aliphatic carbocycles. The number of nitrogens with one attached hydrogen (secondary N) is 1. The van der Waals surface area contributed by atoms with E-state index in [9.17, 15) is 9.59 Å². The molecule has 7 nitrogen and oxygen atoms in total. The standard InChI is InChI=1S/C20H28N4O3/c1-5-18(25)24(4)13-11-17-22-20(27-23-17)16-8-6-15(7-9-16)19(26)21-12-10-14(2)3/h6-9,14H,5,10-13H2,1-4H3,(H,21,26). The number of likely N-dealkylation sites (N-methyl/N-ethyl adjacent to an activating group) is 1. The fraction of sp³-hybridized carbons (Fsp3) is 0.500. The second-order valence-electron chi connectivity index (χ2n) is 6.95. The number of carbonyl (C=O) groups is 2. The highest BCUT2D eigenvalue weighted by atomic mass is 16.5. The van der Waals surface area contributed by atoms with Gasteiger partial charge in [-0.2, -0.15) is 4.98 Å². The summed E-state index contributed by atoms with van der Waals surface area (Å²) >= 11 is 0. The van der Waals surface area contributed by atoms with E-state index in [-0.39, 0.29) is 11.8 Å². The maximum atomic E-state index is 12.1. The number of carbonyl (C=O) groups excluding carboxylic acids is 2. The fourth-order valence-electron chi connectivity index (χ4n) is 2.48. The van der Waals surface area contributed by atoms with Crippen molar-refractivity contribution in [1.29, 1.82) is 0 Å². The smallest absolute Gasteiger partial charge is 0.257 e. The van der Waals surface area contributed by atoms with Gasteiger partial charge < -0.3 is 14.7 Å². The van der Waals surface area contributed by atoms with Crippen molar-refractivity contribution >= 4 is 11.8 Å². The van der Waals surface area contributed by atoms with Gasteiger partial charge >= 0.3 is 0 Å². The highest BCUT2D eigenvalue weighted by Crippen LogP contribution is 2.18. The van der Waals surface area contributed by atoms with Crippen LogP contribution in [0.2, 0.25) is 0 Å². The summed E-state index contributed by atoms with van der Waals surface area (Å²) in [5.74, 6) is 1.51. The van der Waals surface area contributed by atoms with Crippen LogP contribution < -0.4 is 5.32 Å². The molecule has 1 aromatic heterocycles. The van der Waals surface area contributed by atoms with E-state index >= 15 is 0 Å². The summed E-state index contributed by atoms with van der Waals surface area (Å²) < 4.78 is 5.30. The fourth-order valence-corrected chi connectivity index (χ4v) is 2.48. The Morgan fingerprint density at radius 1 is 1.22 bits per heavy atom. The van der Waals surface area contributed by atoms with Crippen molar-refractivity contribution in [2.45, 2.75) is 40.0 Å². The lowest BCUT2D eigenvalue weighted by Gasteiger charge is -2.14. The van der Waals surface area contributed by atoms with Gasteiger partial charge in [0.2, 0.25) is 5.91 Å². The van der Waals surface area contributed by atoms with E-state index in [2.05, 4.69) is 29.3 Å². The lowest BCUT2D eigenvalue weighted by molar-refractivity contribution is -0.129. The summed E-state index contributed by atoms with van der Waals surface area (Å²) in [5, 5.41) is 6.87. The summed E-state index contributed by atoms with van der Waals surface area (Å²) in [6.07, 6.45) is 1.96. The van der Waals surface area contributed by atoms with Crippen molar-refractivity contribution < 1.29 is 14.1 Å². The number of benzene rings is 1. The Bertz CT molecular complexity index is 753. The minimum atomic E-state index is -0.0861. The quantitative estimate of drug-likeness (QED) is 0.731. The molecule has 1 aromatic carbocycles. The Hall–Kier alpha value is -2.70. The maximum Gasteiger partial charge on any atom is 0.257 e. The first-order valence-electron chi connectivity index (χ1n) is 9.35. The van der Waals surface area contributed by atoms with Gasteiger partial charge in [-0.15, -0.1) is 0 Å². The van der Waals surface area contributed by atoms with Crippen LogP contribution in [0.5, 0.6) is 0 Å². The summed E-state index contributed by atoms with van der Waals surface area (Å²) in [6, 6.07) is 7.08. The molecular weight excluding hydrogens is 344 g/mol. The molecular formula is C20H28N4O3. The molecule has 0 fully saturated rings. The predicted octanol–water partition coefficient (Wildman–Crippen LogP) is 2.92. The van der Waals surface area contributed by atoms with E-state index in [1.807, 2.05) is 6.92 Å². The van der Waals surface area contributed by atoms with E-state index in [0.717, 1.165) is 12.0 Å². The van der Waals surface area contributed by atoms with Crippen LogP contribution in [0.4, 0.5) is 0 Å². The molecule has 0 saturated heterocycles. The van der Waals surface area contributed by atoms with Crippen LogP contribution >= 0.6 is 0 Å². The Morgan fingerprint density at radius 3 is 2.56 bits per heavy atom. The molecule has 2 rings (SSSR count). The third-order valence-electron chi connectivity index (χ3n) is 4.27. The summed E-state index contributed by atoms with van der Waals surface area (Å²) in [7, 11) is 1.76. The lowest BCUT2D eigenvalue weighted by atomic mass is 10.1. The molecule has 1 heterocycles. The highest BCUT2D eigenvalue weighted by Gasteiger charge is 2.12. The molecule has 0 unspecified atom stereocenters. The zero-order valence-corrected chi connectivity index (χ0v) is 16.5. The van der Waals surface area contributed by atoms with Gasteiger partial charge in [0.15, 0.2) is 5.82 Å². The molecule has 0 radical (unpaired) electrons. The number of hydrogen-bond acceptors (Lipinski definition) is 5. The van der Waals surface area contributed by atoms with Crippen LogP contribution in [0, 0.1) is 5.92 Å². The first-order chi connectivity index (χ1) is 12.9. The molecule has 0 aliphatic heterocycles. The molecule has 146 valence electrons. The van der Waals surface area contributed by atoms with Crippen LogP contribution in [0.15, 0.2) is 28.8 Å². The van der Waals surface area contributed by atoms with E-state index in [1.54, 1.807) is 36.2 Å². The van der Waals surface area contributed by atoms with Crippen molar-refractivity contribution in [3.05, 3.63) is 35.7 Å². The van der Waals surface area contributed by atoms with Crippen LogP contribution in [0.25, 0.3) is 11.5 Å². The number of rotatable bonds is 9. The Kier molecular flexibility index (Phi) is 7.52. The van der Waals surface area contributed by atoms with Crippen LogP contribution in [-0.4, -0.2) is 47.0 Å². The zero-order chi connectivity index (χ0) is 19.8. The van der Waals surface area contributed by atoms with E-state index < -0.39 is 0 Å². The highest BCUT2D eigenvalue weighted by molar-refractivity contribution is 5.94. The first kappa shape index (κ1) is 20.6. The van der Waals surface area contributed by atoms with Crippen LogP contribution in [0.3, 0.4) is 0 Å². The molecule has 2 amide bonds. The van der Waals surface area contributed by atoms with Crippen molar-refractivity contribution in [2.24, 2.45) is 5.92 Å². The Morgan fingerprint density at radius 2 is 1.93 bits per heavy atom. The van der Waals surface area contributed by atoms with Gasteiger partial charge in [0, 0.05) is 44.1 Å². The number of hydrogen-bond donors (Lipinski definition) is 1. The van der Waals surface area contributed by atoms with Gasteiger partial charge in [-0.1, -0.05) is 25.9 Å². The van der Waals surface area contributed by atoms with E-state index in [4.69, 9.17) is 4.52 Å². The molecule has 0 atom stereocenters. The van der Waals surface area contributed by atoms with Crippen LogP contribution in [-0.2, 0) is 11.2 Å². The molecule has 2 aromatic rings. The van der Waals surface area contributed by atoms with Crippen molar-refractivity contribution in [3.63, 3.8) is 0 Å². The average molecular weight is 372 g/mol. The monoisotopic (exact) mass is 372 g/mol. The summed E-state index contributed by atoms with van der Waals surface area (Å²) in [5.41, 5.74) is 1.35. The largest absolute Gasteiger partial charge is 0.352 e. The van der Waals surface area contributed by atoms with Gasteiger partial charge in [0.05, 0.1) is 0 Å². The van der Waals surface area contributed by atoms with Crippen LogP contribution in [0.1, 0.15) is 49.8 Å². The Labute approximate surface area is 160 Å². The SMILES string of the molecule is CCC(=O)N(C)CCc1noc(-c2ccc(C(=O)NCCC(C)C)cc2)n1. The summed E-state index contributed by atoms with van der Waals surface area (Å²) in [4.78, 5) is 29.7. The normalized spacial score (nSPS) is 10.9. The lowest BCUT2D eigenvalue weighted by Crippen LogP contribution is -2.28. The van der Waals surface area contributed by atoms with Gasteiger partial charge in [-0.25, -0.2) is 0 Å². The molecule has 0 saturated carbocycles. The molecule has 1 N–H and O–H groups in total. The average Bonchev–Trinajstić information content (AvgIpc) is 3.14. The van der Waals surface area contributed by atoms with Crippen molar-refractivity contribution in [3.8, 4) is 11.5 Å². The predicted molar refractivity (Wildman–Crippen MR) is 103 cm³/mol. The zero-order valence-electron chi connectivity index (χ0n) is 16.5. The van der Waals surface area contributed by atoms with Crippen molar-refractivity contribution in [2.75, 3.05) is 20.1 Å². The Balaban J connectivity index is 1.92. The number of amides is 2. The first-order valence-corrected chi connectivity index (χ1v) is 9.35. The third-order valence-corrected chi connectivity index (χ3v) is 4.27. The molecule has 7 heteroatoms. The van der Waals surface area contributed by atoms with E-state index in [0.29, 0.717) is 49.1 Å². The maximum absolute atomic E-state index is 12.1. The van der Waals surface area contributed by atoms with Gasteiger partial charge in [-0.3, -0.25) is 9.59 Å². The molecule has 0 spiro atoms.